The van der Waals surface area contributed by atoms with E-state index in [0.29, 0.717) is 29.0 Å². The van der Waals surface area contributed by atoms with Crippen LogP contribution >= 0.6 is 0 Å². The Kier molecular flexibility index (Phi) is 5.65. The van der Waals surface area contributed by atoms with Gasteiger partial charge in [0.15, 0.2) is 0 Å². The molecule has 7 nitrogen and oxygen atoms in total. The molecule has 6 rings (SSSR count). The van der Waals surface area contributed by atoms with Crippen molar-refractivity contribution in [1.29, 1.82) is 0 Å². The van der Waals surface area contributed by atoms with Gasteiger partial charge >= 0.3 is 23.9 Å². The molecule has 0 saturated heterocycles. The molecular weight excluding hydrogens is 496 g/mol. The van der Waals surface area contributed by atoms with Crippen LogP contribution in [0.2, 0.25) is 0 Å². The lowest BCUT2D eigenvalue weighted by molar-refractivity contribution is 0.0425. The van der Waals surface area contributed by atoms with Gasteiger partial charge in [-0.15, -0.1) is 0 Å². The van der Waals surface area contributed by atoms with E-state index in [4.69, 9.17) is 4.74 Å². The molecule has 2 heterocycles. The quantitative estimate of drug-likeness (QED) is 0.228. The average molecular weight is 519 g/mol. The number of hydrogen-bond acceptors (Lipinski definition) is 7. The Morgan fingerprint density at radius 3 is 1.62 bits per heavy atom. The largest absolute Gasteiger partial charge is 0.457 e. The fourth-order valence-electron chi connectivity index (χ4n) is 4.89. The van der Waals surface area contributed by atoms with E-state index in [1.54, 1.807) is 18.2 Å². The first-order valence-electron chi connectivity index (χ1n) is 12.4. The number of fused-ring (bicyclic) bond motifs is 2. The molecule has 0 radical (unpaired) electrons. The summed E-state index contributed by atoms with van der Waals surface area (Å²) in [5.41, 5.74) is 5.01. The van der Waals surface area contributed by atoms with E-state index in [2.05, 4.69) is 47.6 Å². The third-order valence-corrected chi connectivity index (χ3v) is 7.22. The second-order valence-corrected chi connectivity index (χ2v) is 10.1. The van der Waals surface area contributed by atoms with Crippen LogP contribution in [0, 0.1) is 0 Å². The Morgan fingerprint density at radius 2 is 1.00 bits per heavy atom. The Morgan fingerprint density at radius 1 is 0.538 bits per heavy atom. The zero-order chi connectivity index (χ0) is 27.3. The third-order valence-electron chi connectivity index (χ3n) is 7.22. The Hall–Kier alpha value is -5.04. The molecule has 2 aliphatic heterocycles. The molecule has 0 spiro atoms. The Balaban J connectivity index is 1.15. The molecule has 0 fully saturated rings. The zero-order valence-corrected chi connectivity index (χ0v) is 21.1. The van der Waals surface area contributed by atoms with E-state index in [0.717, 1.165) is 22.3 Å². The van der Waals surface area contributed by atoms with Crippen LogP contribution in [-0.2, 0) is 21.3 Å². The van der Waals surface area contributed by atoms with Gasteiger partial charge in [0.05, 0.1) is 22.3 Å². The topological polar surface area (TPSA) is 96.0 Å². The van der Waals surface area contributed by atoms with E-state index >= 15 is 0 Å². The number of rotatable bonds is 6. The highest BCUT2D eigenvalue weighted by molar-refractivity contribution is 6.15. The minimum absolute atomic E-state index is 0.201. The van der Waals surface area contributed by atoms with Crippen molar-refractivity contribution in [1.82, 2.24) is 0 Å². The molecule has 0 unspecified atom stereocenters. The third kappa shape index (κ3) is 4.38. The van der Waals surface area contributed by atoms with E-state index < -0.39 is 23.9 Å². The van der Waals surface area contributed by atoms with Crippen molar-refractivity contribution < 1.29 is 33.4 Å². The molecule has 0 amide bonds. The standard InChI is InChI=1S/C32H22O7/c1-32(2,20-6-3-18(4-7-20)15-19-5-13-24-26(16-19)30(35)38-28(24)33)21-8-10-22(11-9-21)37-23-12-14-25-27(17-23)31(36)39-29(25)34/h3-14,16-17H,15H2,1-2H3. The number of cyclic esters (lactones) is 4. The molecule has 39 heavy (non-hydrogen) atoms. The van der Waals surface area contributed by atoms with Crippen molar-refractivity contribution in [2.75, 3.05) is 0 Å². The fraction of sp³-hybridized carbons (Fsp3) is 0.125. The summed E-state index contributed by atoms with van der Waals surface area (Å²) < 4.78 is 15.2. The molecule has 0 atom stereocenters. The first-order valence-corrected chi connectivity index (χ1v) is 12.4. The van der Waals surface area contributed by atoms with Crippen molar-refractivity contribution >= 4 is 23.9 Å². The average Bonchev–Trinajstić information content (AvgIpc) is 3.37. The van der Waals surface area contributed by atoms with E-state index in [9.17, 15) is 19.2 Å². The van der Waals surface area contributed by atoms with Gasteiger partial charge < -0.3 is 14.2 Å². The predicted molar refractivity (Wildman–Crippen MR) is 140 cm³/mol. The maximum Gasteiger partial charge on any atom is 0.347 e. The minimum Gasteiger partial charge on any atom is -0.457 e. The number of carbonyl (C=O) groups is 4. The summed E-state index contributed by atoms with van der Waals surface area (Å²) in [6.07, 6.45) is 0.621. The van der Waals surface area contributed by atoms with Crippen molar-refractivity contribution in [3.05, 3.63) is 129 Å². The molecule has 0 aromatic heterocycles. The predicted octanol–water partition coefficient (Wildman–Crippen LogP) is 6.02. The number of benzene rings is 4. The summed E-state index contributed by atoms with van der Waals surface area (Å²) >= 11 is 0. The highest BCUT2D eigenvalue weighted by Gasteiger charge is 2.31. The van der Waals surface area contributed by atoms with Gasteiger partial charge in [-0.25, -0.2) is 19.2 Å². The highest BCUT2D eigenvalue weighted by Crippen LogP contribution is 2.34. The van der Waals surface area contributed by atoms with Crippen molar-refractivity contribution in [2.24, 2.45) is 0 Å². The van der Waals surface area contributed by atoms with Gasteiger partial charge in [0.2, 0.25) is 0 Å². The normalized spacial score (nSPS) is 14.1. The zero-order valence-electron chi connectivity index (χ0n) is 21.1. The van der Waals surface area contributed by atoms with Gasteiger partial charge in [-0.3, -0.25) is 0 Å². The van der Waals surface area contributed by atoms with Crippen LogP contribution in [-0.4, -0.2) is 23.9 Å². The van der Waals surface area contributed by atoms with E-state index in [1.807, 2.05) is 30.3 Å². The second kappa shape index (κ2) is 9.06. The summed E-state index contributed by atoms with van der Waals surface area (Å²) in [5, 5.41) is 0. The molecule has 4 aromatic rings. The van der Waals surface area contributed by atoms with Gasteiger partial charge in [0, 0.05) is 5.41 Å². The van der Waals surface area contributed by atoms with Crippen LogP contribution < -0.4 is 4.74 Å². The number of carbonyl (C=O) groups excluding carboxylic acids is 4. The lowest BCUT2D eigenvalue weighted by atomic mass is 9.78. The van der Waals surface area contributed by atoms with E-state index in [-0.39, 0.29) is 16.5 Å². The molecule has 2 aliphatic rings. The molecule has 7 heteroatoms. The second-order valence-electron chi connectivity index (χ2n) is 10.1. The number of ether oxygens (including phenoxy) is 3. The van der Waals surface area contributed by atoms with Crippen LogP contribution in [0.4, 0.5) is 0 Å². The van der Waals surface area contributed by atoms with Gasteiger partial charge in [0.1, 0.15) is 11.5 Å². The molecule has 0 aliphatic carbocycles. The summed E-state index contributed by atoms with van der Waals surface area (Å²) in [7, 11) is 0. The van der Waals surface area contributed by atoms with Crippen molar-refractivity contribution in [3.8, 4) is 11.5 Å². The Labute approximate surface area is 223 Å². The summed E-state index contributed by atoms with van der Waals surface area (Å²) in [6, 6.07) is 25.9. The van der Waals surface area contributed by atoms with Crippen LogP contribution in [0.25, 0.3) is 0 Å². The Bertz CT molecular complexity index is 1550. The van der Waals surface area contributed by atoms with E-state index in [1.165, 1.54) is 12.1 Å². The van der Waals surface area contributed by atoms with Gasteiger partial charge in [0.25, 0.3) is 0 Å². The van der Waals surface area contributed by atoms with Crippen molar-refractivity contribution in [3.63, 3.8) is 0 Å². The lowest BCUT2D eigenvalue weighted by Gasteiger charge is -2.26. The number of hydrogen-bond donors (Lipinski definition) is 0. The monoisotopic (exact) mass is 518 g/mol. The first kappa shape index (κ1) is 24.3. The van der Waals surface area contributed by atoms with Gasteiger partial charge in [-0.05, 0) is 71.1 Å². The summed E-state index contributed by atoms with van der Waals surface area (Å²) in [4.78, 5) is 47.0. The molecule has 192 valence electrons. The van der Waals surface area contributed by atoms with Gasteiger partial charge in [-0.2, -0.15) is 0 Å². The molecular formula is C32H22O7. The van der Waals surface area contributed by atoms with Crippen LogP contribution in [0.3, 0.4) is 0 Å². The first-order chi connectivity index (χ1) is 18.7. The van der Waals surface area contributed by atoms with Gasteiger partial charge in [-0.1, -0.05) is 56.3 Å². The van der Waals surface area contributed by atoms with Crippen LogP contribution in [0.5, 0.6) is 11.5 Å². The lowest BCUT2D eigenvalue weighted by Crippen LogP contribution is -2.18. The SMILES string of the molecule is CC(C)(c1ccc(Cc2ccc3c(c2)C(=O)OC3=O)cc1)c1ccc(Oc2ccc3c(c2)C(=O)OC3=O)cc1. The minimum atomic E-state index is -0.669. The molecule has 4 aromatic carbocycles. The number of esters is 4. The maximum atomic E-state index is 11.9. The van der Waals surface area contributed by atoms with Crippen molar-refractivity contribution in [2.45, 2.75) is 25.7 Å². The maximum absolute atomic E-state index is 11.9. The smallest absolute Gasteiger partial charge is 0.347 e. The molecule has 0 N–H and O–H groups in total. The highest BCUT2D eigenvalue weighted by atomic mass is 16.6. The fourth-order valence-corrected chi connectivity index (χ4v) is 4.89. The molecule has 0 saturated carbocycles. The summed E-state index contributed by atoms with van der Waals surface area (Å²) in [5.74, 6) is -1.47. The van der Waals surface area contributed by atoms with Crippen LogP contribution in [0.15, 0.2) is 84.9 Å². The van der Waals surface area contributed by atoms with Crippen LogP contribution in [0.1, 0.15) is 77.5 Å². The molecule has 0 bridgehead atoms. The summed E-state index contributed by atoms with van der Waals surface area (Å²) in [6.45, 7) is 4.29.